The van der Waals surface area contributed by atoms with E-state index in [0.29, 0.717) is 36.2 Å². The van der Waals surface area contributed by atoms with Crippen LogP contribution in [0.4, 0.5) is 5.69 Å². The lowest BCUT2D eigenvalue weighted by Gasteiger charge is -2.16. The van der Waals surface area contributed by atoms with Gasteiger partial charge in [-0.2, -0.15) is 0 Å². The maximum absolute atomic E-state index is 12.0. The van der Waals surface area contributed by atoms with E-state index in [9.17, 15) is 9.59 Å². The number of benzene rings is 1. The Bertz CT molecular complexity index is 1080. The van der Waals surface area contributed by atoms with Crippen molar-refractivity contribution in [3.05, 3.63) is 63.9 Å². The summed E-state index contributed by atoms with van der Waals surface area (Å²) in [5.74, 6) is 3.12. The normalized spacial score (nSPS) is 18.6. The molecular weight excluding hydrogens is 356 g/mol. The van der Waals surface area contributed by atoms with E-state index < -0.39 is 5.63 Å². The number of rotatable bonds is 6. The van der Waals surface area contributed by atoms with Gasteiger partial charge in [-0.05, 0) is 49.2 Å². The number of nitrogens with one attached hydrogen (secondary N) is 1. The number of amides is 1. The van der Waals surface area contributed by atoms with Gasteiger partial charge in [-0.25, -0.2) is 4.79 Å². The lowest BCUT2D eigenvalue weighted by atomic mass is 10.1. The third-order valence-corrected chi connectivity index (χ3v) is 5.17. The fourth-order valence-corrected chi connectivity index (χ4v) is 3.65. The minimum atomic E-state index is -0.404. The van der Waals surface area contributed by atoms with Gasteiger partial charge in [0.2, 0.25) is 5.91 Å². The van der Waals surface area contributed by atoms with E-state index >= 15 is 0 Å². The van der Waals surface area contributed by atoms with Crippen molar-refractivity contribution in [1.29, 1.82) is 0 Å². The standard InChI is InChI=1S/C22H24N2O4/c1-13-8-19(13)20-7-5-17(27-20)12-24(3)11-15-9-22(26)28-21-10-16(23-14(2)25)4-6-18(15)21/h4-7,9-10,13,19H,8,11-12H2,1-3H3,(H,23,25). The molecule has 1 aromatic carbocycles. The zero-order valence-corrected chi connectivity index (χ0v) is 16.3. The van der Waals surface area contributed by atoms with Crippen LogP contribution in [0.25, 0.3) is 11.0 Å². The van der Waals surface area contributed by atoms with Crippen LogP contribution in [0.1, 0.15) is 43.3 Å². The third-order valence-electron chi connectivity index (χ3n) is 5.17. The Morgan fingerprint density at radius 3 is 2.68 bits per heavy atom. The van der Waals surface area contributed by atoms with Crippen LogP contribution >= 0.6 is 0 Å². The minimum absolute atomic E-state index is 0.170. The monoisotopic (exact) mass is 380 g/mol. The zero-order valence-electron chi connectivity index (χ0n) is 16.3. The predicted molar refractivity (Wildman–Crippen MR) is 107 cm³/mol. The average Bonchev–Trinajstić information content (AvgIpc) is 3.16. The van der Waals surface area contributed by atoms with Gasteiger partial charge in [0.05, 0.1) is 6.54 Å². The molecule has 0 saturated heterocycles. The molecule has 1 saturated carbocycles. The third kappa shape index (κ3) is 4.02. The molecule has 0 bridgehead atoms. The first-order valence-electron chi connectivity index (χ1n) is 9.50. The molecule has 6 heteroatoms. The topological polar surface area (TPSA) is 75.7 Å². The van der Waals surface area contributed by atoms with Crippen molar-refractivity contribution >= 4 is 22.6 Å². The lowest BCUT2D eigenvalue weighted by Crippen LogP contribution is -2.18. The van der Waals surface area contributed by atoms with Crippen LogP contribution in [0.2, 0.25) is 0 Å². The molecule has 1 N–H and O–H groups in total. The second-order valence-corrected chi connectivity index (χ2v) is 7.78. The van der Waals surface area contributed by atoms with Crippen LogP contribution < -0.4 is 10.9 Å². The lowest BCUT2D eigenvalue weighted by molar-refractivity contribution is -0.114. The maximum atomic E-state index is 12.0. The zero-order chi connectivity index (χ0) is 19.8. The summed E-state index contributed by atoms with van der Waals surface area (Å²) in [6.45, 7) is 4.92. The molecule has 28 heavy (non-hydrogen) atoms. The summed E-state index contributed by atoms with van der Waals surface area (Å²) in [7, 11) is 1.99. The molecule has 6 nitrogen and oxygen atoms in total. The van der Waals surface area contributed by atoms with Crippen LogP contribution in [0.5, 0.6) is 0 Å². The van der Waals surface area contributed by atoms with Crippen molar-refractivity contribution < 1.29 is 13.6 Å². The average molecular weight is 380 g/mol. The van der Waals surface area contributed by atoms with Gasteiger partial charge in [0.15, 0.2) is 0 Å². The molecule has 0 aliphatic heterocycles. The smallest absolute Gasteiger partial charge is 0.336 e. The van der Waals surface area contributed by atoms with E-state index in [1.165, 1.54) is 19.4 Å². The number of carbonyl (C=O) groups excluding carboxylic acids is 1. The molecule has 1 aliphatic carbocycles. The SMILES string of the molecule is CC(=O)Nc1ccc2c(CN(C)Cc3ccc(C4CC4C)o3)cc(=O)oc2c1. The van der Waals surface area contributed by atoms with Crippen LogP contribution in [0.3, 0.4) is 0 Å². The van der Waals surface area contributed by atoms with Crippen molar-refractivity contribution in [3.8, 4) is 0 Å². The Morgan fingerprint density at radius 1 is 1.18 bits per heavy atom. The largest absolute Gasteiger partial charge is 0.464 e. The van der Waals surface area contributed by atoms with Gasteiger partial charge in [0.1, 0.15) is 17.1 Å². The van der Waals surface area contributed by atoms with Gasteiger partial charge in [-0.15, -0.1) is 0 Å². The number of hydrogen-bond acceptors (Lipinski definition) is 5. The molecule has 3 aromatic rings. The van der Waals surface area contributed by atoms with Gasteiger partial charge in [-0.1, -0.05) is 6.92 Å². The molecule has 2 unspecified atom stereocenters. The predicted octanol–water partition coefficient (Wildman–Crippen LogP) is 4.10. The van der Waals surface area contributed by atoms with E-state index in [1.54, 1.807) is 6.07 Å². The molecule has 1 amide bonds. The molecule has 1 aliphatic rings. The van der Waals surface area contributed by atoms with Crippen LogP contribution in [-0.2, 0) is 17.9 Å². The van der Waals surface area contributed by atoms with E-state index in [4.69, 9.17) is 8.83 Å². The van der Waals surface area contributed by atoms with Gasteiger partial charge in [0.25, 0.3) is 0 Å². The molecule has 146 valence electrons. The van der Waals surface area contributed by atoms with Crippen molar-refractivity contribution in [3.63, 3.8) is 0 Å². The van der Waals surface area contributed by atoms with Gasteiger partial charge in [0, 0.05) is 42.6 Å². The highest BCUT2D eigenvalue weighted by Gasteiger charge is 2.36. The Kier molecular flexibility index (Phi) is 4.81. The summed E-state index contributed by atoms with van der Waals surface area (Å²) in [5, 5.41) is 3.56. The van der Waals surface area contributed by atoms with E-state index in [2.05, 4.69) is 23.2 Å². The molecule has 0 spiro atoms. The number of carbonyl (C=O) groups is 1. The van der Waals surface area contributed by atoms with Crippen molar-refractivity contribution in [2.24, 2.45) is 5.92 Å². The van der Waals surface area contributed by atoms with Crippen molar-refractivity contribution in [2.75, 3.05) is 12.4 Å². The first-order valence-corrected chi connectivity index (χ1v) is 9.50. The quantitative estimate of drug-likeness (QED) is 0.652. The summed E-state index contributed by atoms with van der Waals surface area (Å²) >= 11 is 0. The summed E-state index contributed by atoms with van der Waals surface area (Å²) in [5.41, 5.74) is 1.54. The highest BCUT2D eigenvalue weighted by molar-refractivity contribution is 5.92. The number of nitrogens with zero attached hydrogens (tertiary/aromatic N) is 1. The van der Waals surface area contributed by atoms with Crippen LogP contribution in [0, 0.1) is 5.92 Å². The molecule has 1 fully saturated rings. The molecule has 2 heterocycles. The molecular formula is C22H24N2O4. The summed E-state index contributed by atoms with van der Waals surface area (Å²) in [4.78, 5) is 25.4. The van der Waals surface area contributed by atoms with E-state index in [-0.39, 0.29) is 5.91 Å². The first-order chi connectivity index (χ1) is 13.4. The van der Waals surface area contributed by atoms with Gasteiger partial charge in [-0.3, -0.25) is 9.69 Å². The second kappa shape index (κ2) is 7.28. The highest BCUT2D eigenvalue weighted by Crippen LogP contribution is 2.47. The molecule has 0 radical (unpaired) electrons. The van der Waals surface area contributed by atoms with E-state index in [0.717, 1.165) is 22.5 Å². The summed E-state index contributed by atoms with van der Waals surface area (Å²) in [6.07, 6.45) is 1.20. The number of fused-ring (bicyclic) bond motifs is 1. The summed E-state index contributed by atoms with van der Waals surface area (Å²) < 4.78 is 11.3. The Balaban J connectivity index is 1.52. The van der Waals surface area contributed by atoms with Gasteiger partial charge < -0.3 is 14.2 Å². The highest BCUT2D eigenvalue weighted by atomic mass is 16.4. The van der Waals surface area contributed by atoms with Crippen LogP contribution in [0.15, 0.2) is 50.0 Å². The van der Waals surface area contributed by atoms with Gasteiger partial charge >= 0.3 is 5.63 Å². The van der Waals surface area contributed by atoms with Crippen molar-refractivity contribution in [1.82, 2.24) is 4.90 Å². The Labute approximate surface area is 163 Å². The number of hydrogen-bond donors (Lipinski definition) is 1. The maximum Gasteiger partial charge on any atom is 0.336 e. The first kappa shape index (κ1) is 18.5. The molecule has 2 atom stereocenters. The molecule has 2 aromatic heterocycles. The van der Waals surface area contributed by atoms with Crippen LogP contribution in [-0.4, -0.2) is 17.9 Å². The minimum Gasteiger partial charge on any atom is -0.464 e. The fourth-order valence-electron chi connectivity index (χ4n) is 3.65. The van der Waals surface area contributed by atoms with Crippen molar-refractivity contribution in [2.45, 2.75) is 39.3 Å². The summed E-state index contributed by atoms with van der Waals surface area (Å²) in [6, 6.07) is 11.0. The second-order valence-electron chi connectivity index (χ2n) is 7.78. The Morgan fingerprint density at radius 2 is 1.96 bits per heavy atom. The number of anilines is 1. The molecule has 4 rings (SSSR count). The van der Waals surface area contributed by atoms with E-state index in [1.807, 2.05) is 25.2 Å². The fraction of sp³-hybridized carbons (Fsp3) is 0.364. The Hall–Kier alpha value is -2.86. The number of furan rings is 1.